The van der Waals surface area contributed by atoms with Crippen molar-refractivity contribution in [3.63, 3.8) is 0 Å². The zero-order valence-corrected chi connectivity index (χ0v) is 20.8. The Morgan fingerprint density at radius 2 is 2.15 bits per heavy atom. The normalized spacial score (nSPS) is 19.8. The van der Waals surface area contributed by atoms with E-state index in [4.69, 9.17) is 4.52 Å². The summed E-state index contributed by atoms with van der Waals surface area (Å²) in [5, 5.41) is 7.13. The van der Waals surface area contributed by atoms with Crippen LogP contribution in [-0.4, -0.2) is 84.8 Å². The summed E-state index contributed by atoms with van der Waals surface area (Å²) in [5.41, 5.74) is 3.75. The number of rotatable bonds is 9. The van der Waals surface area contributed by atoms with Crippen molar-refractivity contribution in [2.45, 2.75) is 45.6 Å². The maximum Gasteiger partial charge on any atom is 0.227 e. The predicted molar refractivity (Wildman–Crippen MR) is 135 cm³/mol. The van der Waals surface area contributed by atoms with Crippen molar-refractivity contribution in [3.8, 4) is 0 Å². The van der Waals surface area contributed by atoms with Crippen LogP contribution >= 0.6 is 0 Å². The first kappa shape index (κ1) is 24.4. The highest BCUT2D eigenvalue weighted by atomic mass is 16.5. The van der Waals surface area contributed by atoms with Crippen LogP contribution < -0.4 is 10.2 Å². The summed E-state index contributed by atoms with van der Waals surface area (Å²) in [7, 11) is 2.10. The van der Waals surface area contributed by atoms with E-state index in [1.807, 2.05) is 0 Å². The topological polar surface area (TPSA) is 77.7 Å². The van der Waals surface area contributed by atoms with Crippen molar-refractivity contribution in [1.82, 2.24) is 25.3 Å². The smallest absolute Gasteiger partial charge is 0.227 e. The number of amides is 1. The van der Waals surface area contributed by atoms with Crippen LogP contribution in [0.3, 0.4) is 0 Å². The van der Waals surface area contributed by atoms with E-state index in [2.05, 4.69) is 81.4 Å². The fraction of sp³-hybridized carbons (Fsp3) is 0.577. The van der Waals surface area contributed by atoms with Crippen molar-refractivity contribution in [1.29, 1.82) is 0 Å². The van der Waals surface area contributed by atoms with Crippen LogP contribution in [0.1, 0.15) is 43.5 Å². The molecule has 0 aliphatic carbocycles. The standard InChI is InChI=1S/C26H38N6O2/c1-20-6-4-7-23(18-20)32-17-16-31(19-21(32)2)13-5-12-27-24(33)8-9-25-28-26(29-34-25)22-10-14-30(3)15-11-22/h4,6-7,10,18,21H,5,8-9,11-17,19H2,1-3H3,(H,27,33)/t21-/m1/s1. The van der Waals surface area contributed by atoms with Gasteiger partial charge in [-0.15, -0.1) is 0 Å². The van der Waals surface area contributed by atoms with Gasteiger partial charge in [-0.2, -0.15) is 4.98 Å². The summed E-state index contributed by atoms with van der Waals surface area (Å²) in [6, 6.07) is 9.23. The van der Waals surface area contributed by atoms with Crippen molar-refractivity contribution in [2.24, 2.45) is 0 Å². The van der Waals surface area contributed by atoms with E-state index >= 15 is 0 Å². The van der Waals surface area contributed by atoms with E-state index in [9.17, 15) is 4.79 Å². The number of hydrogen-bond acceptors (Lipinski definition) is 7. The molecule has 2 aliphatic rings. The number of piperazine rings is 1. The van der Waals surface area contributed by atoms with Crippen molar-refractivity contribution in [2.75, 3.05) is 57.8 Å². The predicted octanol–water partition coefficient (Wildman–Crippen LogP) is 2.75. The largest absolute Gasteiger partial charge is 0.366 e. The molecular weight excluding hydrogens is 428 g/mol. The second-order valence-corrected chi connectivity index (χ2v) is 9.64. The highest BCUT2D eigenvalue weighted by Gasteiger charge is 2.23. The molecule has 0 unspecified atom stereocenters. The number of nitrogens with zero attached hydrogens (tertiary/aromatic N) is 5. The Hall–Kier alpha value is -2.71. The van der Waals surface area contributed by atoms with Gasteiger partial charge in [0.05, 0.1) is 0 Å². The molecule has 1 aromatic heterocycles. The Balaban J connectivity index is 1.11. The minimum Gasteiger partial charge on any atom is -0.366 e. The van der Waals surface area contributed by atoms with Gasteiger partial charge in [0.1, 0.15) is 0 Å². The molecule has 0 bridgehead atoms. The quantitative estimate of drug-likeness (QED) is 0.570. The van der Waals surface area contributed by atoms with E-state index in [1.54, 1.807) is 0 Å². The molecule has 4 rings (SSSR count). The molecule has 2 aliphatic heterocycles. The zero-order valence-electron chi connectivity index (χ0n) is 20.8. The second-order valence-electron chi connectivity index (χ2n) is 9.64. The molecule has 1 amide bonds. The van der Waals surface area contributed by atoms with Gasteiger partial charge in [0.15, 0.2) is 5.82 Å². The van der Waals surface area contributed by atoms with Gasteiger partial charge >= 0.3 is 0 Å². The van der Waals surface area contributed by atoms with Crippen LogP contribution in [0.2, 0.25) is 0 Å². The molecule has 3 heterocycles. The number of hydrogen-bond donors (Lipinski definition) is 1. The molecule has 0 spiro atoms. The van der Waals surface area contributed by atoms with Crippen LogP contribution in [0.25, 0.3) is 5.57 Å². The molecule has 8 nitrogen and oxygen atoms in total. The first-order chi connectivity index (χ1) is 16.5. The number of likely N-dealkylation sites (N-methyl/N-ethyl adjacent to an activating group) is 1. The third-order valence-electron chi connectivity index (χ3n) is 6.75. The number of carbonyl (C=O) groups is 1. The van der Waals surface area contributed by atoms with E-state index in [1.165, 1.54) is 11.3 Å². The van der Waals surface area contributed by atoms with E-state index in [0.717, 1.165) is 57.7 Å². The summed E-state index contributed by atoms with van der Waals surface area (Å²) in [6.45, 7) is 11.2. The lowest BCUT2D eigenvalue weighted by Crippen LogP contribution is -2.52. The fourth-order valence-corrected chi connectivity index (χ4v) is 4.73. The van der Waals surface area contributed by atoms with E-state index in [-0.39, 0.29) is 5.91 Å². The Morgan fingerprint density at radius 3 is 2.91 bits per heavy atom. The van der Waals surface area contributed by atoms with E-state index in [0.29, 0.717) is 37.1 Å². The van der Waals surface area contributed by atoms with Gasteiger partial charge in [-0.3, -0.25) is 9.69 Å². The molecule has 184 valence electrons. The van der Waals surface area contributed by atoms with Gasteiger partial charge in [0.25, 0.3) is 0 Å². The molecule has 1 aromatic carbocycles. The van der Waals surface area contributed by atoms with Crippen molar-refractivity contribution < 1.29 is 9.32 Å². The second kappa shape index (κ2) is 11.6. The third-order valence-corrected chi connectivity index (χ3v) is 6.75. The molecule has 1 atom stereocenters. The summed E-state index contributed by atoms with van der Waals surface area (Å²) in [4.78, 5) is 24.0. The number of benzene rings is 1. The number of aryl methyl sites for hydroxylation is 2. The van der Waals surface area contributed by atoms with Gasteiger partial charge in [0.2, 0.25) is 11.8 Å². The van der Waals surface area contributed by atoms with Gasteiger partial charge in [-0.05, 0) is 63.6 Å². The Bertz CT molecular complexity index is 987. The lowest BCUT2D eigenvalue weighted by Gasteiger charge is -2.41. The number of carbonyl (C=O) groups excluding carboxylic acids is 1. The van der Waals surface area contributed by atoms with Gasteiger partial charge in [-0.1, -0.05) is 23.4 Å². The minimum absolute atomic E-state index is 0.0379. The lowest BCUT2D eigenvalue weighted by molar-refractivity contribution is -0.121. The molecule has 2 aromatic rings. The van der Waals surface area contributed by atoms with Crippen LogP contribution in [-0.2, 0) is 11.2 Å². The van der Waals surface area contributed by atoms with Crippen LogP contribution in [0, 0.1) is 6.92 Å². The average Bonchev–Trinajstić information content (AvgIpc) is 3.30. The summed E-state index contributed by atoms with van der Waals surface area (Å²) < 4.78 is 5.35. The summed E-state index contributed by atoms with van der Waals surface area (Å²) >= 11 is 0. The molecule has 0 saturated carbocycles. The molecule has 34 heavy (non-hydrogen) atoms. The zero-order chi connectivity index (χ0) is 23.9. The van der Waals surface area contributed by atoms with Crippen LogP contribution in [0.4, 0.5) is 5.69 Å². The lowest BCUT2D eigenvalue weighted by atomic mass is 10.1. The maximum atomic E-state index is 12.3. The molecule has 1 saturated heterocycles. The summed E-state index contributed by atoms with van der Waals surface area (Å²) in [6.07, 6.45) is 4.88. The van der Waals surface area contributed by atoms with Crippen LogP contribution in [0.15, 0.2) is 34.9 Å². The molecule has 1 N–H and O–H groups in total. The average molecular weight is 467 g/mol. The molecule has 0 radical (unpaired) electrons. The monoisotopic (exact) mass is 466 g/mol. The summed E-state index contributed by atoms with van der Waals surface area (Å²) in [5.74, 6) is 1.24. The molecule has 1 fully saturated rings. The van der Waals surface area contributed by atoms with Crippen molar-refractivity contribution in [3.05, 3.63) is 47.6 Å². The van der Waals surface area contributed by atoms with Gasteiger partial charge in [0, 0.05) is 63.8 Å². The van der Waals surface area contributed by atoms with Gasteiger partial charge < -0.3 is 19.6 Å². The number of aromatic nitrogens is 2. The Morgan fingerprint density at radius 1 is 1.26 bits per heavy atom. The number of nitrogens with one attached hydrogen (secondary N) is 1. The molecular formula is C26H38N6O2. The SMILES string of the molecule is Cc1cccc(N2CCN(CCCNC(=O)CCc3nc(C4=CCN(C)CC4)no3)C[C@H]2C)c1. The Labute approximate surface area is 203 Å². The Kier molecular flexibility index (Phi) is 8.34. The minimum atomic E-state index is 0.0379. The first-order valence-electron chi connectivity index (χ1n) is 12.5. The number of anilines is 1. The highest BCUT2D eigenvalue weighted by Crippen LogP contribution is 2.22. The molecule has 8 heteroatoms. The van der Waals surface area contributed by atoms with Gasteiger partial charge in [-0.25, -0.2) is 0 Å². The first-order valence-corrected chi connectivity index (χ1v) is 12.5. The van der Waals surface area contributed by atoms with E-state index < -0.39 is 0 Å². The van der Waals surface area contributed by atoms with Crippen LogP contribution in [0.5, 0.6) is 0 Å². The van der Waals surface area contributed by atoms with Crippen molar-refractivity contribution >= 4 is 17.2 Å². The third kappa shape index (κ3) is 6.67. The maximum absolute atomic E-state index is 12.3. The highest BCUT2D eigenvalue weighted by molar-refractivity contribution is 5.76. The fourth-order valence-electron chi connectivity index (χ4n) is 4.73.